The van der Waals surface area contributed by atoms with Gasteiger partial charge < -0.3 is 0 Å². The van der Waals surface area contributed by atoms with Crippen LogP contribution in [-0.4, -0.2) is 4.98 Å². The van der Waals surface area contributed by atoms with Crippen molar-refractivity contribution in [2.24, 2.45) is 0 Å². The molecule has 1 heterocycles. The third-order valence-electron chi connectivity index (χ3n) is 1.87. The molecule has 1 aromatic rings. The summed E-state index contributed by atoms with van der Waals surface area (Å²) in [7, 11) is 0. The van der Waals surface area contributed by atoms with Crippen LogP contribution in [0.2, 0.25) is 0 Å². The standard InChI is InChI=1S/C9H6Br2F2N2/c10-3-7-5(1-2-14)8(9(12)13)6(11)4-15-7/h4,9H,1,3H2. The van der Waals surface area contributed by atoms with Gasteiger partial charge in [0, 0.05) is 21.6 Å². The SMILES string of the molecule is N#CCc1c(CBr)ncc(Br)c1C(F)F. The van der Waals surface area contributed by atoms with Gasteiger partial charge in [-0.2, -0.15) is 5.26 Å². The molecule has 0 aromatic carbocycles. The van der Waals surface area contributed by atoms with E-state index in [-0.39, 0.29) is 16.5 Å². The van der Waals surface area contributed by atoms with Crippen molar-refractivity contribution >= 4 is 31.9 Å². The first-order valence-electron chi connectivity index (χ1n) is 3.99. The van der Waals surface area contributed by atoms with Crippen molar-refractivity contribution in [2.75, 3.05) is 0 Å². The minimum atomic E-state index is -2.61. The molecule has 0 saturated heterocycles. The van der Waals surface area contributed by atoms with Crippen LogP contribution in [0.4, 0.5) is 8.78 Å². The Morgan fingerprint density at radius 1 is 1.53 bits per heavy atom. The second kappa shape index (κ2) is 5.52. The van der Waals surface area contributed by atoms with Crippen LogP contribution >= 0.6 is 31.9 Å². The van der Waals surface area contributed by atoms with Gasteiger partial charge in [0.2, 0.25) is 0 Å². The highest BCUT2D eigenvalue weighted by Crippen LogP contribution is 2.32. The van der Waals surface area contributed by atoms with E-state index in [1.165, 1.54) is 6.20 Å². The zero-order valence-electron chi connectivity index (χ0n) is 7.48. The van der Waals surface area contributed by atoms with E-state index in [0.717, 1.165) is 0 Å². The first-order valence-corrected chi connectivity index (χ1v) is 5.90. The largest absolute Gasteiger partial charge is 0.265 e. The molecule has 0 unspecified atom stereocenters. The average Bonchev–Trinajstić information content (AvgIpc) is 2.18. The molecule has 0 N–H and O–H groups in total. The van der Waals surface area contributed by atoms with Crippen molar-refractivity contribution in [3.8, 4) is 6.07 Å². The fourth-order valence-electron chi connectivity index (χ4n) is 1.21. The number of hydrogen-bond donors (Lipinski definition) is 0. The molecule has 0 atom stereocenters. The van der Waals surface area contributed by atoms with E-state index in [4.69, 9.17) is 5.26 Å². The highest BCUT2D eigenvalue weighted by molar-refractivity contribution is 9.10. The second-order valence-electron chi connectivity index (χ2n) is 2.71. The fraction of sp³-hybridized carbons (Fsp3) is 0.333. The van der Waals surface area contributed by atoms with Crippen LogP contribution in [0, 0.1) is 11.3 Å². The molecular weight excluding hydrogens is 334 g/mol. The monoisotopic (exact) mass is 338 g/mol. The van der Waals surface area contributed by atoms with Gasteiger partial charge in [-0.25, -0.2) is 8.78 Å². The molecule has 15 heavy (non-hydrogen) atoms. The summed E-state index contributed by atoms with van der Waals surface area (Å²) in [5, 5.41) is 8.94. The number of rotatable bonds is 3. The molecule has 0 fully saturated rings. The Morgan fingerprint density at radius 3 is 2.67 bits per heavy atom. The molecule has 0 bridgehead atoms. The summed E-state index contributed by atoms with van der Waals surface area (Å²) < 4.78 is 25.7. The van der Waals surface area contributed by atoms with E-state index < -0.39 is 6.43 Å². The topological polar surface area (TPSA) is 36.7 Å². The number of alkyl halides is 3. The van der Waals surface area contributed by atoms with Gasteiger partial charge in [0.05, 0.1) is 18.2 Å². The zero-order chi connectivity index (χ0) is 11.4. The summed E-state index contributed by atoms with van der Waals surface area (Å²) in [6.45, 7) is 0. The number of pyridine rings is 1. The average molecular weight is 340 g/mol. The maximum atomic E-state index is 12.7. The molecule has 80 valence electrons. The van der Waals surface area contributed by atoms with Crippen molar-refractivity contribution in [2.45, 2.75) is 18.2 Å². The fourth-order valence-corrected chi connectivity index (χ4v) is 2.21. The minimum absolute atomic E-state index is 0.0625. The van der Waals surface area contributed by atoms with Gasteiger partial charge in [0.25, 0.3) is 6.43 Å². The number of nitrogens with zero attached hydrogens (tertiary/aromatic N) is 2. The van der Waals surface area contributed by atoms with Crippen molar-refractivity contribution in [3.63, 3.8) is 0 Å². The first-order chi connectivity index (χ1) is 7.11. The predicted molar refractivity (Wildman–Crippen MR) is 58.8 cm³/mol. The van der Waals surface area contributed by atoms with Crippen LogP contribution in [0.5, 0.6) is 0 Å². The highest BCUT2D eigenvalue weighted by Gasteiger charge is 2.20. The van der Waals surface area contributed by atoms with Gasteiger partial charge in [-0.3, -0.25) is 4.98 Å². The zero-order valence-corrected chi connectivity index (χ0v) is 10.6. The Bertz CT molecular complexity index is 402. The van der Waals surface area contributed by atoms with Gasteiger partial charge in [-0.05, 0) is 21.5 Å². The molecule has 6 heteroatoms. The Balaban J connectivity index is 3.38. The molecule has 0 radical (unpaired) electrons. The van der Waals surface area contributed by atoms with Gasteiger partial charge in [-0.15, -0.1) is 0 Å². The summed E-state index contributed by atoms with van der Waals surface area (Å²) in [6, 6.07) is 1.87. The predicted octanol–water partition coefficient (Wildman–Crippen LogP) is 3.74. The molecule has 0 aliphatic rings. The molecule has 0 spiro atoms. The lowest BCUT2D eigenvalue weighted by Crippen LogP contribution is -2.02. The molecular formula is C9H6Br2F2N2. The van der Waals surface area contributed by atoms with E-state index in [0.29, 0.717) is 16.6 Å². The molecule has 2 nitrogen and oxygen atoms in total. The van der Waals surface area contributed by atoms with Gasteiger partial charge in [0.1, 0.15) is 0 Å². The van der Waals surface area contributed by atoms with E-state index in [9.17, 15) is 8.78 Å². The van der Waals surface area contributed by atoms with Gasteiger partial charge in [0.15, 0.2) is 0 Å². The van der Waals surface area contributed by atoms with Crippen LogP contribution in [0.15, 0.2) is 10.7 Å². The van der Waals surface area contributed by atoms with Gasteiger partial charge >= 0.3 is 0 Å². The number of hydrogen-bond acceptors (Lipinski definition) is 2. The Hall–Kier alpha value is -0.540. The van der Waals surface area contributed by atoms with Crippen molar-refractivity contribution < 1.29 is 8.78 Å². The summed E-state index contributed by atoms with van der Waals surface area (Å²) >= 11 is 6.17. The lowest BCUT2D eigenvalue weighted by molar-refractivity contribution is 0.149. The molecule has 0 aliphatic heterocycles. The van der Waals surface area contributed by atoms with Crippen LogP contribution in [0.1, 0.15) is 23.2 Å². The van der Waals surface area contributed by atoms with E-state index >= 15 is 0 Å². The molecule has 0 aliphatic carbocycles. The highest BCUT2D eigenvalue weighted by atomic mass is 79.9. The van der Waals surface area contributed by atoms with Crippen molar-refractivity contribution in [1.82, 2.24) is 4.98 Å². The van der Waals surface area contributed by atoms with Crippen LogP contribution in [-0.2, 0) is 11.8 Å². The Kier molecular flexibility index (Phi) is 4.61. The van der Waals surface area contributed by atoms with E-state index in [1.54, 1.807) is 0 Å². The van der Waals surface area contributed by atoms with Crippen LogP contribution in [0.25, 0.3) is 0 Å². The van der Waals surface area contributed by atoms with Crippen molar-refractivity contribution in [1.29, 1.82) is 5.26 Å². The summed E-state index contributed by atoms with van der Waals surface area (Å²) in [6.07, 6.45) is -1.34. The first kappa shape index (κ1) is 12.5. The maximum Gasteiger partial charge on any atom is 0.265 e. The quantitative estimate of drug-likeness (QED) is 0.786. The summed E-state index contributed by atoms with van der Waals surface area (Å²) in [5.74, 6) is 0. The normalized spacial score (nSPS) is 10.4. The molecule has 1 aromatic heterocycles. The number of halogens is 4. The third-order valence-corrected chi connectivity index (χ3v) is 3.03. The third kappa shape index (κ3) is 2.73. The van der Waals surface area contributed by atoms with Crippen LogP contribution in [0.3, 0.4) is 0 Å². The minimum Gasteiger partial charge on any atom is -0.259 e. The van der Waals surface area contributed by atoms with E-state index in [2.05, 4.69) is 36.8 Å². The molecule has 0 saturated carbocycles. The Morgan fingerprint density at radius 2 is 2.20 bits per heavy atom. The summed E-state index contributed by atoms with van der Waals surface area (Å²) in [5.41, 5.74) is 0.648. The summed E-state index contributed by atoms with van der Waals surface area (Å²) in [4.78, 5) is 3.98. The van der Waals surface area contributed by atoms with Gasteiger partial charge in [-0.1, -0.05) is 15.9 Å². The van der Waals surface area contributed by atoms with Crippen molar-refractivity contribution in [3.05, 3.63) is 27.5 Å². The number of aromatic nitrogens is 1. The lowest BCUT2D eigenvalue weighted by atomic mass is 10.0. The lowest BCUT2D eigenvalue weighted by Gasteiger charge is -2.11. The molecule has 0 amide bonds. The number of nitriles is 1. The maximum absolute atomic E-state index is 12.7. The van der Waals surface area contributed by atoms with Crippen LogP contribution < -0.4 is 0 Å². The smallest absolute Gasteiger partial charge is 0.259 e. The Labute approximate surface area is 103 Å². The molecule has 1 rings (SSSR count). The van der Waals surface area contributed by atoms with E-state index in [1.807, 2.05) is 6.07 Å². The second-order valence-corrected chi connectivity index (χ2v) is 4.13.